The Morgan fingerprint density at radius 3 is 2.05 bits per heavy atom. The second-order valence-corrected chi connectivity index (χ2v) is 5.28. The molecule has 2 unspecified atom stereocenters. The van der Waals surface area contributed by atoms with Crippen LogP contribution in [-0.4, -0.2) is 30.0 Å². The predicted molar refractivity (Wildman–Crippen MR) is 79.9 cm³/mol. The summed E-state index contributed by atoms with van der Waals surface area (Å²) in [5.41, 5.74) is 1.81. The first-order chi connectivity index (χ1) is 9.51. The van der Waals surface area contributed by atoms with E-state index in [9.17, 15) is 9.59 Å². The molecule has 2 atom stereocenters. The van der Waals surface area contributed by atoms with Gasteiger partial charge in [0.25, 0.3) is 0 Å². The minimum absolute atomic E-state index is 0.268. The maximum atomic E-state index is 12.1. The zero-order chi connectivity index (χ0) is 15.1. The molecule has 0 aromatic heterocycles. The van der Waals surface area contributed by atoms with Gasteiger partial charge in [0.1, 0.15) is 10.7 Å². The third-order valence-electron chi connectivity index (χ3n) is 2.78. The van der Waals surface area contributed by atoms with Crippen molar-refractivity contribution >= 4 is 27.9 Å². The lowest BCUT2D eigenvalue weighted by molar-refractivity contribution is -0.150. The lowest BCUT2D eigenvalue weighted by atomic mass is 9.95. The Morgan fingerprint density at radius 2 is 1.55 bits per heavy atom. The Morgan fingerprint density at radius 1 is 1.05 bits per heavy atom. The molecule has 5 heteroatoms. The Balaban J connectivity index is 3.04. The van der Waals surface area contributed by atoms with Crippen molar-refractivity contribution in [3.8, 4) is 0 Å². The number of alkyl halides is 1. The molecule has 1 aromatic rings. The smallest absolute Gasteiger partial charge is 0.320 e. The van der Waals surface area contributed by atoms with Gasteiger partial charge in [0.05, 0.1) is 13.2 Å². The number of esters is 2. The summed E-state index contributed by atoms with van der Waals surface area (Å²) in [7, 11) is 0. The molecule has 0 aliphatic heterocycles. The Kier molecular flexibility index (Phi) is 6.71. The van der Waals surface area contributed by atoms with Crippen LogP contribution >= 0.6 is 15.9 Å². The molecule has 0 aliphatic carbocycles. The van der Waals surface area contributed by atoms with Crippen LogP contribution in [0.5, 0.6) is 0 Å². The number of hydrogen-bond acceptors (Lipinski definition) is 4. The molecule has 110 valence electrons. The molecule has 0 N–H and O–H groups in total. The number of benzene rings is 1. The van der Waals surface area contributed by atoms with E-state index in [4.69, 9.17) is 9.47 Å². The van der Waals surface area contributed by atoms with Crippen LogP contribution < -0.4 is 0 Å². The van der Waals surface area contributed by atoms with E-state index in [1.165, 1.54) is 0 Å². The van der Waals surface area contributed by atoms with E-state index in [-0.39, 0.29) is 13.2 Å². The van der Waals surface area contributed by atoms with Crippen LogP contribution in [0.2, 0.25) is 0 Å². The Labute approximate surface area is 127 Å². The number of carbonyl (C=O) groups excluding carboxylic acids is 2. The fourth-order valence-electron chi connectivity index (χ4n) is 1.79. The highest BCUT2D eigenvalue weighted by Crippen LogP contribution is 2.28. The number of hydrogen-bond donors (Lipinski definition) is 0. The van der Waals surface area contributed by atoms with E-state index in [1.54, 1.807) is 13.8 Å². The van der Waals surface area contributed by atoms with Gasteiger partial charge in [0.15, 0.2) is 0 Å². The third kappa shape index (κ3) is 4.34. The van der Waals surface area contributed by atoms with Crippen LogP contribution in [-0.2, 0) is 19.1 Å². The maximum Gasteiger partial charge on any atom is 0.320 e. The van der Waals surface area contributed by atoms with E-state index in [0.717, 1.165) is 11.1 Å². The molecule has 0 radical (unpaired) electrons. The van der Waals surface area contributed by atoms with Gasteiger partial charge in [-0.3, -0.25) is 9.59 Å². The molecule has 0 saturated carbocycles. The average molecular weight is 343 g/mol. The van der Waals surface area contributed by atoms with Gasteiger partial charge in [-0.1, -0.05) is 45.8 Å². The molecule has 4 nitrogen and oxygen atoms in total. The summed E-state index contributed by atoms with van der Waals surface area (Å²) in [6, 6.07) is 7.44. The number of carbonyl (C=O) groups is 2. The van der Waals surface area contributed by atoms with Crippen molar-refractivity contribution in [3.05, 3.63) is 35.4 Å². The molecular formula is C15H19BrO4. The second-order valence-electron chi connectivity index (χ2n) is 4.29. The standard InChI is InChI=1S/C15H19BrO4/c1-4-19-14(17)12(13(16)15(18)20-5-2)11-8-6-10(3)7-9-11/h6-9,12-13H,4-5H2,1-3H3. The normalized spacial score (nSPS) is 13.4. The van der Waals surface area contributed by atoms with Gasteiger partial charge >= 0.3 is 11.9 Å². The monoisotopic (exact) mass is 342 g/mol. The third-order valence-corrected chi connectivity index (χ3v) is 3.68. The lowest BCUT2D eigenvalue weighted by Gasteiger charge is -2.20. The van der Waals surface area contributed by atoms with Crippen molar-refractivity contribution in [2.75, 3.05) is 13.2 Å². The van der Waals surface area contributed by atoms with Crippen molar-refractivity contribution in [1.29, 1.82) is 0 Å². The van der Waals surface area contributed by atoms with Crippen molar-refractivity contribution in [2.45, 2.75) is 31.5 Å². The summed E-state index contributed by atoms with van der Waals surface area (Å²) < 4.78 is 10.0. The van der Waals surface area contributed by atoms with E-state index >= 15 is 0 Å². The van der Waals surface area contributed by atoms with Gasteiger partial charge in [-0.25, -0.2) is 0 Å². The minimum Gasteiger partial charge on any atom is -0.465 e. The molecule has 20 heavy (non-hydrogen) atoms. The lowest BCUT2D eigenvalue weighted by Crippen LogP contribution is -2.31. The van der Waals surface area contributed by atoms with Crippen molar-refractivity contribution < 1.29 is 19.1 Å². The number of rotatable bonds is 6. The summed E-state index contributed by atoms with van der Waals surface area (Å²) in [6.07, 6.45) is 0. The summed E-state index contributed by atoms with van der Waals surface area (Å²) in [5, 5.41) is 0. The van der Waals surface area contributed by atoms with Crippen LogP contribution in [0.4, 0.5) is 0 Å². The largest absolute Gasteiger partial charge is 0.465 e. The Bertz CT molecular complexity index is 455. The van der Waals surface area contributed by atoms with Crippen LogP contribution in [0.15, 0.2) is 24.3 Å². The fraction of sp³-hybridized carbons (Fsp3) is 0.467. The number of ether oxygens (including phenoxy) is 2. The summed E-state index contributed by atoms with van der Waals surface area (Å²) in [6.45, 7) is 5.95. The van der Waals surface area contributed by atoms with E-state index in [1.807, 2.05) is 31.2 Å². The zero-order valence-corrected chi connectivity index (χ0v) is 13.5. The minimum atomic E-state index is -0.760. The van der Waals surface area contributed by atoms with Crippen molar-refractivity contribution in [2.24, 2.45) is 0 Å². The highest BCUT2D eigenvalue weighted by molar-refractivity contribution is 9.10. The average Bonchev–Trinajstić information content (AvgIpc) is 2.41. The zero-order valence-electron chi connectivity index (χ0n) is 11.9. The van der Waals surface area contributed by atoms with Crippen LogP contribution in [0.3, 0.4) is 0 Å². The molecule has 0 amide bonds. The van der Waals surface area contributed by atoms with Gasteiger partial charge in [-0.2, -0.15) is 0 Å². The highest BCUT2D eigenvalue weighted by Gasteiger charge is 2.35. The first kappa shape index (κ1) is 16.7. The van der Waals surface area contributed by atoms with Gasteiger partial charge in [0, 0.05) is 0 Å². The van der Waals surface area contributed by atoms with Crippen LogP contribution in [0.1, 0.15) is 30.9 Å². The van der Waals surface area contributed by atoms with Crippen LogP contribution in [0.25, 0.3) is 0 Å². The first-order valence-electron chi connectivity index (χ1n) is 6.55. The number of halogens is 1. The van der Waals surface area contributed by atoms with E-state index in [0.29, 0.717) is 0 Å². The molecule has 0 saturated heterocycles. The second kappa shape index (κ2) is 8.04. The molecule has 0 aliphatic rings. The molecule has 1 rings (SSSR count). The molecule has 0 heterocycles. The molecule has 1 aromatic carbocycles. The first-order valence-corrected chi connectivity index (χ1v) is 7.46. The predicted octanol–water partition coefficient (Wildman–Crippen LogP) is 2.97. The molecule has 0 spiro atoms. The molecule has 0 fully saturated rings. The van der Waals surface area contributed by atoms with E-state index < -0.39 is 22.7 Å². The van der Waals surface area contributed by atoms with Gasteiger partial charge < -0.3 is 9.47 Å². The van der Waals surface area contributed by atoms with E-state index in [2.05, 4.69) is 15.9 Å². The fourth-order valence-corrected chi connectivity index (χ4v) is 2.44. The summed E-state index contributed by atoms with van der Waals surface area (Å²) >= 11 is 3.26. The molecular weight excluding hydrogens is 324 g/mol. The summed E-state index contributed by atoms with van der Waals surface area (Å²) in [4.78, 5) is 23.2. The topological polar surface area (TPSA) is 52.6 Å². The van der Waals surface area contributed by atoms with Gasteiger partial charge in [-0.15, -0.1) is 0 Å². The van der Waals surface area contributed by atoms with Crippen molar-refractivity contribution in [3.63, 3.8) is 0 Å². The van der Waals surface area contributed by atoms with Gasteiger partial charge in [-0.05, 0) is 26.3 Å². The van der Waals surface area contributed by atoms with Crippen LogP contribution in [0, 0.1) is 6.92 Å². The highest BCUT2D eigenvalue weighted by atomic mass is 79.9. The SMILES string of the molecule is CCOC(=O)C(Br)C(C(=O)OCC)c1ccc(C)cc1. The van der Waals surface area contributed by atoms with Gasteiger partial charge in [0.2, 0.25) is 0 Å². The molecule has 0 bridgehead atoms. The number of aryl methyl sites for hydroxylation is 1. The van der Waals surface area contributed by atoms with Crippen molar-refractivity contribution in [1.82, 2.24) is 0 Å². The summed E-state index contributed by atoms with van der Waals surface area (Å²) in [5.74, 6) is -1.62. The quantitative estimate of drug-likeness (QED) is 0.589. The Hall–Kier alpha value is -1.36. The maximum absolute atomic E-state index is 12.1.